The largest absolute Gasteiger partial charge is 0.330 e. The van der Waals surface area contributed by atoms with E-state index in [4.69, 9.17) is 11.0 Å². The second-order valence-corrected chi connectivity index (χ2v) is 4.93. The number of carbonyl (C=O) groups is 1. The van der Waals surface area contributed by atoms with E-state index in [9.17, 15) is 4.79 Å². The van der Waals surface area contributed by atoms with Crippen molar-refractivity contribution >= 4 is 11.6 Å². The number of benzene rings is 1. The summed E-state index contributed by atoms with van der Waals surface area (Å²) in [5, 5.41) is 11.9. The molecule has 102 valence electrons. The zero-order valence-electron chi connectivity index (χ0n) is 11.5. The molecule has 1 aromatic carbocycles. The van der Waals surface area contributed by atoms with Gasteiger partial charge in [-0.3, -0.25) is 4.79 Å². The summed E-state index contributed by atoms with van der Waals surface area (Å²) in [5.41, 5.74) is 6.56. The lowest BCUT2D eigenvalue weighted by Gasteiger charge is -2.20. The number of para-hydroxylation sites is 1. The van der Waals surface area contributed by atoms with Crippen LogP contribution in [0.5, 0.6) is 0 Å². The molecule has 0 radical (unpaired) electrons. The minimum atomic E-state index is -0.0738. The summed E-state index contributed by atoms with van der Waals surface area (Å²) in [7, 11) is 0. The van der Waals surface area contributed by atoms with Gasteiger partial charge in [0.2, 0.25) is 5.91 Å². The Bertz CT molecular complexity index is 463. The molecule has 0 fully saturated rings. The van der Waals surface area contributed by atoms with Crippen LogP contribution in [0.2, 0.25) is 0 Å². The Hall–Kier alpha value is -1.86. The first-order chi connectivity index (χ1) is 9.10. The number of amides is 1. The molecule has 3 N–H and O–H groups in total. The number of nitrogens with two attached hydrogens (primary N) is 1. The minimum Gasteiger partial charge on any atom is -0.330 e. The van der Waals surface area contributed by atoms with Gasteiger partial charge in [-0.15, -0.1) is 0 Å². The maximum Gasteiger partial charge on any atom is 0.227 e. The molecule has 0 saturated heterocycles. The van der Waals surface area contributed by atoms with E-state index in [1.54, 1.807) is 24.3 Å². The molecule has 4 nitrogen and oxygen atoms in total. The topological polar surface area (TPSA) is 78.9 Å². The quantitative estimate of drug-likeness (QED) is 0.823. The predicted octanol–water partition coefficient (Wildman–Crippen LogP) is 2.51. The lowest BCUT2D eigenvalue weighted by atomic mass is 9.90. The zero-order valence-corrected chi connectivity index (χ0v) is 11.5. The predicted molar refractivity (Wildman–Crippen MR) is 76.4 cm³/mol. The fraction of sp³-hybridized carbons (Fsp3) is 0.467. The van der Waals surface area contributed by atoms with Crippen molar-refractivity contribution < 1.29 is 4.79 Å². The molecule has 4 heteroatoms. The van der Waals surface area contributed by atoms with Crippen molar-refractivity contribution in [2.24, 2.45) is 17.6 Å². The minimum absolute atomic E-state index is 0.0360. The van der Waals surface area contributed by atoms with E-state index >= 15 is 0 Å². The third-order valence-electron chi connectivity index (χ3n) is 3.17. The number of anilines is 1. The van der Waals surface area contributed by atoms with E-state index in [-0.39, 0.29) is 17.7 Å². The molecular formula is C15H21N3O. The molecule has 0 bridgehead atoms. The Morgan fingerprint density at radius 2 is 2.11 bits per heavy atom. The summed E-state index contributed by atoms with van der Waals surface area (Å²) in [6.07, 6.45) is 1.60. The van der Waals surface area contributed by atoms with Gasteiger partial charge in [-0.2, -0.15) is 5.26 Å². The van der Waals surface area contributed by atoms with E-state index < -0.39 is 0 Å². The summed E-state index contributed by atoms with van der Waals surface area (Å²) in [4.78, 5) is 12.3. The second-order valence-electron chi connectivity index (χ2n) is 4.93. The van der Waals surface area contributed by atoms with Gasteiger partial charge in [-0.1, -0.05) is 26.0 Å². The van der Waals surface area contributed by atoms with Crippen LogP contribution in [0.1, 0.15) is 32.3 Å². The highest BCUT2D eigenvalue weighted by atomic mass is 16.1. The van der Waals surface area contributed by atoms with Crippen LogP contribution in [-0.2, 0) is 4.79 Å². The highest BCUT2D eigenvalue weighted by molar-refractivity contribution is 5.93. The Morgan fingerprint density at radius 1 is 1.42 bits per heavy atom. The number of hydrogen-bond donors (Lipinski definition) is 2. The molecule has 0 saturated carbocycles. The number of nitrogens with zero attached hydrogens (tertiary/aromatic N) is 1. The molecular weight excluding hydrogens is 238 g/mol. The molecule has 1 aromatic rings. The maximum absolute atomic E-state index is 12.3. The first-order valence-corrected chi connectivity index (χ1v) is 6.60. The fourth-order valence-corrected chi connectivity index (χ4v) is 2.02. The zero-order chi connectivity index (χ0) is 14.3. The van der Waals surface area contributed by atoms with Gasteiger partial charge in [0, 0.05) is 5.92 Å². The smallest absolute Gasteiger partial charge is 0.227 e. The van der Waals surface area contributed by atoms with Crippen molar-refractivity contribution in [3.05, 3.63) is 29.8 Å². The Balaban J connectivity index is 2.79. The molecule has 0 aromatic heterocycles. The normalized spacial score (nSPS) is 11.9. The van der Waals surface area contributed by atoms with Crippen LogP contribution in [0.4, 0.5) is 5.69 Å². The van der Waals surface area contributed by atoms with Crippen LogP contribution in [0, 0.1) is 23.2 Å². The Labute approximate surface area is 114 Å². The van der Waals surface area contributed by atoms with Gasteiger partial charge >= 0.3 is 0 Å². The van der Waals surface area contributed by atoms with E-state index in [2.05, 4.69) is 11.4 Å². The van der Waals surface area contributed by atoms with E-state index in [0.717, 1.165) is 12.8 Å². The lowest BCUT2D eigenvalue weighted by molar-refractivity contribution is -0.121. The maximum atomic E-state index is 12.3. The van der Waals surface area contributed by atoms with Gasteiger partial charge in [0.15, 0.2) is 0 Å². The van der Waals surface area contributed by atoms with Gasteiger partial charge in [-0.25, -0.2) is 0 Å². The highest BCUT2D eigenvalue weighted by Gasteiger charge is 2.22. The summed E-state index contributed by atoms with van der Waals surface area (Å²) >= 11 is 0. The molecule has 0 aliphatic rings. The second kappa shape index (κ2) is 7.55. The molecule has 0 aliphatic heterocycles. The van der Waals surface area contributed by atoms with Crippen LogP contribution in [0.15, 0.2) is 24.3 Å². The average molecular weight is 259 g/mol. The van der Waals surface area contributed by atoms with Crippen LogP contribution in [0.25, 0.3) is 0 Å². The molecule has 1 atom stereocenters. The number of carbonyl (C=O) groups excluding carboxylic acids is 1. The first-order valence-electron chi connectivity index (χ1n) is 6.60. The van der Waals surface area contributed by atoms with Gasteiger partial charge in [0.1, 0.15) is 6.07 Å². The van der Waals surface area contributed by atoms with E-state index in [0.29, 0.717) is 17.8 Å². The molecule has 0 aliphatic carbocycles. The first kappa shape index (κ1) is 15.2. The van der Waals surface area contributed by atoms with Crippen LogP contribution in [0.3, 0.4) is 0 Å². The van der Waals surface area contributed by atoms with Gasteiger partial charge in [0.25, 0.3) is 0 Å². The summed E-state index contributed by atoms with van der Waals surface area (Å²) in [6.45, 7) is 4.64. The van der Waals surface area contributed by atoms with Crippen molar-refractivity contribution in [3.63, 3.8) is 0 Å². The average Bonchev–Trinajstić information content (AvgIpc) is 2.39. The van der Waals surface area contributed by atoms with Crippen molar-refractivity contribution in [1.29, 1.82) is 5.26 Å². The third-order valence-corrected chi connectivity index (χ3v) is 3.17. The fourth-order valence-electron chi connectivity index (χ4n) is 2.02. The molecule has 1 unspecified atom stereocenters. The van der Waals surface area contributed by atoms with Crippen molar-refractivity contribution in [1.82, 2.24) is 0 Å². The van der Waals surface area contributed by atoms with Crippen molar-refractivity contribution in [2.75, 3.05) is 11.9 Å². The molecule has 19 heavy (non-hydrogen) atoms. The van der Waals surface area contributed by atoms with Crippen LogP contribution in [-0.4, -0.2) is 12.5 Å². The SMILES string of the molecule is CC(C)C(CCCN)C(=O)Nc1ccccc1C#N. The van der Waals surface area contributed by atoms with Gasteiger partial charge in [-0.05, 0) is 37.4 Å². The van der Waals surface area contributed by atoms with E-state index in [1.807, 2.05) is 13.8 Å². The standard InChI is InChI=1S/C15H21N3O/c1-11(2)13(7-5-9-16)15(19)18-14-8-4-3-6-12(14)10-17/h3-4,6,8,11,13H,5,7,9,16H2,1-2H3,(H,18,19). The van der Waals surface area contributed by atoms with E-state index in [1.165, 1.54) is 0 Å². The Morgan fingerprint density at radius 3 is 2.68 bits per heavy atom. The lowest BCUT2D eigenvalue weighted by Crippen LogP contribution is -2.27. The van der Waals surface area contributed by atoms with Gasteiger partial charge in [0.05, 0.1) is 11.3 Å². The van der Waals surface area contributed by atoms with Crippen LogP contribution < -0.4 is 11.1 Å². The summed E-state index contributed by atoms with van der Waals surface area (Å²) in [6, 6.07) is 9.11. The number of hydrogen-bond acceptors (Lipinski definition) is 3. The Kier molecular flexibility index (Phi) is 6.04. The molecule has 1 rings (SSSR count). The summed E-state index contributed by atoms with van der Waals surface area (Å²) in [5.74, 6) is 0.141. The monoisotopic (exact) mass is 259 g/mol. The number of nitrogens with one attached hydrogen (secondary N) is 1. The number of rotatable bonds is 6. The highest BCUT2D eigenvalue weighted by Crippen LogP contribution is 2.21. The van der Waals surface area contributed by atoms with Crippen LogP contribution >= 0.6 is 0 Å². The molecule has 0 heterocycles. The molecule has 1 amide bonds. The number of nitriles is 1. The summed E-state index contributed by atoms with van der Waals surface area (Å²) < 4.78 is 0. The van der Waals surface area contributed by atoms with Gasteiger partial charge < -0.3 is 11.1 Å². The third kappa shape index (κ3) is 4.38. The van der Waals surface area contributed by atoms with Crippen molar-refractivity contribution in [2.45, 2.75) is 26.7 Å². The van der Waals surface area contributed by atoms with Crippen molar-refractivity contribution in [3.8, 4) is 6.07 Å². The molecule has 0 spiro atoms.